The smallest absolute Gasteiger partial charge is 0.254 e. The van der Waals surface area contributed by atoms with Gasteiger partial charge in [0.1, 0.15) is 17.5 Å². The van der Waals surface area contributed by atoms with E-state index in [1.165, 1.54) is 30.3 Å². The Labute approximate surface area is 167 Å². The van der Waals surface area contributed by atoms with Gasteiger partial charge in [-0.05, 0) is 42.3 Å². The predicted molar refractivity (Wildman–Crippen MR) is 102 cm³/mol. The van der Waals surface area contributed by atoms with Gasteiger partial charge < -0.3 is 10.2 Å². The fraction of sp³-hybridized carbons (Fsp3) is 0.333. The molecule has 0 atom stereocenters. The standard InChI is InChI=1S/C21H22F3N3O2/c22-17-4-1-3-16(11-17)21(29)27-6-2-5-26(7-8-27)14-20(28)25-13-15-9-18(23)12-19(24)10-15/h1,3-4,9-12H,2,5-8,13-14H2,(H,25,28). The summed E-state index contributed by atoms with van der Waals surface area (Å²) in [7, 11) is 0. The number of amides is 2. The SMILES string of the molecule is O=C(CN1CCCN(C(=O)c2cccc(F)c2)CC1)NCc1cc(F)cc(F)c1. The highest BCUT2D eigenvalue weighted by Gasteiger charge is 2.21. The molecule has 2 amide bonds. The van der Waals surface area contributed by atoms with Crippen LogP contribution >= 0.6 is 0 Å². The van der Waals surface area contributed by atoms with Crippen LogP contribution in [0.3, 0.4) is 0 Å². The van der Waals surface area contributed by atoms with Gasteiger partial charge >= 0.3 is 0 Å². The van der Waals surface area contributed by atoms with Gasteiger partial charge in [-0.3, -0.25) is 14.5 Å². The summed E-state index contributed by atoms with van der Waals surface area (Å²) >= 11 is 0. The predicted octanol–water partition coefficient (Wildman–Crippen LogP) is 2.57. The number of halogens is 3. The molecule has 2 aromatic carbocycles. The molecule has 1 heterocycles. The Balaban J connectivity index is 1.49. The van der Waals surface area contributed by atoms with Crippen LogP contribution < -0.4 is 5.32 Å². The maximum absolute atomic E-state index is 13.4. The van der Waals surface area contributed by atoms with Crippen LogP contribution in [-0.2, 0) is 11.3 Å². The highest BCUT2D eigenvalue weighted by molar-refractivity contribution is 5.94. The summed E-state index contributed by atoms with van der Waals surface area (Å²) in [5.74, 6) is -2.33. The molecule has 1 N–H and O–H groups in total. The van der Waals surface area contributed by atoms with Crippen molar-refractivity contribution in [1.29, 1.82) is 0 Å². The van der Waals surface area contributed by atoms with Gasteiger partial charge in [0.05, 0.1) is 6.54 Å². The summed E-state index contributed by atoms with van der Waals surface area (Å²) in [6, 6.07) is 8.71. The van der Waals surface area contributed by atoms with Gasteiger partial charge in [-0.15, -0.1) is 0 Å². The number of rotatable bonds is 5. The highest BCUT2D eigenvalue weighted by atomic mass is 19.1. The first-order valence-corrected chi connectivity index (χ1v) is 9.39. The molecule has 0 unspecified atom stereocenters. The van der Waals surface area contributed by atoms with Gasteiger partial charge in [0.25, 0.3) is 5.91 Å². The first kappa shape index (κ1) is 20.9. The maximum Gasteiger partial charge on any atom is 0.254 e. The molecule has 29 heavy (non-hydrogen) atoms. The third-order valence-corrected chi connectivity index (χ3v) is 4.73. The van der Waals surface area contributed by atoms with Crippen LogP contribution in [0.4, 0.5) is 13.2 Å². The molecule has 1 aliphatic heterocycles. The molecule has 0 aromatic heterocycles. The lowest BCUT2D eigenvalue weighted by Crippen LogP contribution is -2.40. The molecule has 0 spiro atoms. The van der Waals surface area contributed by atoms with Gasteiger partial charge in [-0.25, -0.2) is 13.2 Å². The average molecular weight is 405 g/mol. The summed E-state index contributed by atoms with van der Waals surface area (Å²) in [5.41, 5.74) is 0.650. The van der Waals surface area contributed by atoms with Gasteiger partial charge in [-0.2, -0.15) is 0 Å². The zero-order chi connectivity index (χ0) is 20.8. The molecule has 1 fully saturated rings. The second kappa shape index (κ2) is 9.56. The van der Waals surface area contributed by atoms with Crippen molar-refractivity contribution in [3.05, 3.63) is 71.0 Å². The van der Waals surface area contributed by atoms with Crippen molar-refractivity contribution in [2.75, 3.05) is 32.7 Å². The topological polar surface area (TPSA) is 52.7 Å². The van der Waals surface area contributed by atoms with E-state index in [1.807, 2.05) is 4.90 Å². The lowest BCUT2D eigenvalue weighted by molar-refractivity contribution is -0.122. The number of hydrogen-bond acceptors (Lipinski definition) is 3. The summed E-state index contributed by atoms with van der Waals surface area (Å²) in [6.45, 7) is 2.25. The third-order valence-electron chi connectivity index (χ3n) is 4.73. The lowest BCUT2D eigenvalue weighted by Gasteiger charge is -2.22. The van der Waals surface area contributed by atoms with E-state index >= 15 is 0 Å². The van der Waals surface area contributed by atoms with E-state index in [9.17, 15) is 22.8 Å². The zero-order valence-corrected chi connectivity index (χ0v) is 15.8. The second-order valence-electron chi connectivity index (χ2n) is 6.99. The summed E-state index contributed by atoms with van der Waals surface area (Å²) in [5, 5.41) is 2.65. The minimum atomic E-state index is -0.690. The maximum atomic E-state index is 13.4. The Bertz CT molecular complexity index is 871. The van der Waals surface area contributed by atoms with Crippen LogP contribution in [0.1, 0.15) is 22.3 Å². The van der Waals surface area contributed by atoms with Crippen LogP contribution in [-0.4, -0.2) is 54.3 Å². The molecule has 5 nitrogen and oxygen atoms in total. The fourth-order valence-electron chi connectivity index (χ4n) is 3.31. The minimum absolute atomic E-state index is 0.0333. The molecule has 1 aliphatic rings. The van der Waals surface area contributed by atoms with Crippen LogP contribution in [0.25, 0.3) is 0 Å². The molecule has 2 aromatic rings. The van der Waals surface area contributed by atoms with E-state index in [2.05, 4.69) is 5.32 Å². The Hall–Kier alpha value is -2.87. The van der Waals surface area contributed by atoms with Crippen LogP contribution in [0.5, 0.6) is 0 Å². The van der Waals surface area contributed by atoms with Gasteiger partial charge in [-0.1, -0.05) is 6.07 Å². The van der Waals surface area contributed by atoms with Crippen LogP contribution in [0.15, 0.2) is 42.5 Å². The number of carbonyl (C=O) groups is 2. The van der Waals surface area contributed by atoms with Crippen molar-refractivity contribution < 1.29 is 22.8 Å². The Morgan fingerprint density at radius 2 is 1.66 bits per heavy atom. The van der Waals surface area contributed by atoms with Gasteiger partial charge in [0.15, 0.2) is 0 Å². The Morgan fingerprint density at radius 1 is 0.897 bits per heavy atom. The Morgan fingerprint density at radius 3 is 2.38 bits per heavy atom. The van der Waals surface area contributed by atoms with E-state index in [0.717, 1.165) is 6.07 Å². The van der Waals surface area contributed by atoms with E-state index in [0.29, 0.717) is 43.7 Å². The van der Waals surface area contributed by atoms with Crippen molar-refractivity contribution in [2.45, 2.75) is 13.0 Å². The third kappa shape index (κ3) is 6.05. The van der Waals surface area contributed by atoms with Crippen molar-refractivity contribution >= 4 is 11.8 Å². The molecule has 0 aliphatic carbocycles. The highest BCUT2D eigenvalue weighted by Crippen LogP contribution is 2.11. The number of benzene rings is 2. The van der Waals surface area contributed by atoms with Gasteiger partial charge in [0, 0.05) is 44.4 Å². The summed E-state index contributed by atoms with van der Waals surface area (Å²) in [6.07, 6.45) is 0.684. The monoisotopic (exact) mass is 405 g/mol. The van der Waals surface area contributed by atoms with Gasteiger partial charge in [0.2, 0.25) is 5.91 Å². The summed E-state index contributed by atoms with van der Waals surface area (Å²) in [4.78, 5) is 28.3. The lowest BCUT2D eigenvalue weighted by atomic mass is 10.2. The second-order valence-corrected chi connectivity index (χ2v) is 6.99. The fourth-order valence-corrected chi connectivity index (χ4v) is 3.31. The molecule has 154 valence electrons. The molecule has 3 rings (SSSR count). The van der Waals surface area contributed by atoms with E-state index in [4.69, 9.17) is 0 Å². The van der Waals surface area contributed by atoms with Crippen molar-refractivity contribution in [3.63, 3.8) is 0 Å². The van der Waals surface area contributed by atoms with Crippen LogP contribution in [0, 0.1) is 17.5 Å². The first-order chi connectivity index (χ1) is 13.9. The average Bonchev–Trinajstić information content (AvgIpc) is 2.91. The number of nitrogens with zero attached hydrogens (tertiary/aromatic N) is 2. The Kier molecular flexibility index (Phi) is 6.87. The number of nitrogens with one attached hydrogen (secondary N) is 1. The van der Waals surface area contributed by atoms with Crippen molar-refractivity contribution in [1.82, 2.24) is 15.1 Å². The number of hydrogen-bond donors (Lipinski definition) is 1. The van der Waals surface area contributed by atoms with E-state index < -0.39 is 17.5 Å². The molecular weight excluding hydrogens is 383 g/mol. The van der Waals surface area contributed by atoms with E-state index in [-0.39, 0.29) is 24.9 Å². The largest absolute Gasteiger partial charge is 0.351 e. The van der Waals surface area contributed by atoms with E-state index in [1.54, 1.807) is 11.0 Å². The molecule has 0 radical (unpaired) electrons. The summed E-state index contributed by atoms with van der Waals surface area (Å²) < 4.78 is 39.8. The van der Waals surface area contributed by atoms with Crippen LogP contribution in [0.2, 0.25) is 0 Å². The quantitative estimate of drug-likeness (QED) is 0.832. The van der Waals surface area contributed by atoms with Crippen molar-refractivity contribution in [3.8, 4) is 0 Å². The molecule has 0 saturated carbocycles. The molecular formula is C21H22F3N3O2. The minimum Gasteiger partial charge on any atom is -0.351 e. The number of carbonyl (C=O) groups excluding carboxylic acids is 2. The molecule has 0 bridgehead atoms. The van der Waals surface area contributed by atoms with Crippen molar-refractivity contribution in [2.24, 2.45) is 0 Å². The molecule has 1 saturated heterocycles. The first-order valence-electron chi connectivity index (χ1n) is 9.39. The normalized spacial score (nSPS) is 15.1. The zero-order valence-electron chi connectivity index (χ0n) is 15.8. The molecule has 8 heteroatoms.